The molecule has 1 aliphatic rings. The van der Waals surface area contributed by atoms with Gasteiger partial charge < -0.3 is 15.5 Å². The molecule has 11 heteroatoms. The van der Waals surface area contributed by atoms with Crippen LogP contribution in [0, 0.1) is 0 Å². The third-order valence-corrected chi connectivity index (χ3v) is 6.73. The first-order valence-corrected chi connectivity index (χ1v) is 11.9. The number of amides is 1. The Hall–Kier alpha value is -4.09. The molecule has 1 fully saturated rings. The van der Waals surface area contributed by atoms with Crippen LogP contribution in [0.2, 0.25) is 0 Å². The van der Waals surface area contributed by atoms with Crippen molar-refractivity contribution in [3.8, 4) is 23.0 Å². The first-order chi connectivity index (χ1) is 16.3. The van der Waals surface area contributed by atoms with Crippen molar-refractivity contribution < 1.29 is 17.6 Å². The van der Waals surface area contributed by atoms with Crippen molar-refractivity contribution >= 4 is 27.3 Å². The maximum Gasteiger partial charge on any atom is 0.266 e. The number of aromatic nitrogens is 3. The Morgan fingerprint density at radius 1 is 0.941 bits per heavy atom. The molecule has 2 aromatic carbocycles. The van der Waals surface area contributed by atoms with Crippen molar-refractivity contribution in [1.82, 2.24) is 15.2 Å². The van der Waals surface area contributed by atoms with E-state index in [9.17, 15) is 13.2 Å². The minimum atomic E-state index is -3.88. The summed E-state index contributed by atoms with van der Waals surface area (Å²) in [6, 6.07) is 17.8. The van der Waals surface area contributed by atoms with Crippen LogP contribution in [0.3, 0.4) is 0 Å². The second-order valence-electron chi connectivity index (χ2n) is 7.95. The van der Waals surface area contributed by atoms with E-state index in [4.69, 9.17) is 10.2 Å². The van der Waals surface area contributed by atoms with Gasteiger partial charge in [0, 0.05) is 17.4 Å². The van der Waals surface area contributed by atoms with E-state index in [0.29, 0.717) is 35.5 Å². The van der Waals surface area contributed by atoms with Crippen molar-refractivity contribution in [1.29, 1.82) is 0 Å². The summed E-state index contributed by atoms with van der Waals surface area (Å²) in [6.07, 6.45) is 2.89. The van der Waals surface area contributed by atoms with Gasteiger partial charge in [-0.05, 0) is 67.4 Å². The quantitative estimate of drug-likeness (QED) is 0.368. The first-order valence-electron chi connectivity index (χ1n) is 10.4. The number of nitrogens with one attached hydrogen (secondary N) is 2. The van der Waals surface area contributed by atoms with Gasteiger partial charge in [-0.15, -0.1) is 10.2 Å². The Kier molecular flexibility index (Phi) is 5.34. The number of anilines is 2. The predicted molar refractivity (Wildman–Crippen MR) is 125 cm³/mol. The Labute approximate surface area is 195 Å². The Morgan fingerprint density at radius 3 is 2.38 bits per heavy atom. The molecule has 34 heavy (non-hydrogen) atoms. The summed E-state index contributed by atoms with van der Waals surface area (Å²) >= 11 is 0. The van der Waals surface area contributed by atoms with Gasteiger partial charge >= 0.3 is 0 Å². The third kappa shape index (κ3) is 4.51. The summed E-state index contributed by atoms with van der Waals surface area (Å²) in [6.45, 7) is 0. The lowest BCUT2D eigenvalue weighted by molar-refractivity contribution is -0.118. The standard InChI is InChI=1S/C23H20N6O4S/c24-23(11-12-23)22(30)26-16-4-3-5-17(14-16)29-34(31,32)18-9-7-15(8-10-18)20-27-28-21(33-20)19-6-1-2-13-25-19/h1-10,13-14,29H,11-12,24H2,(H,26,30). The fraction of sp³-hybridized carbons (Fsp3) is 0.130. The van der Waals surface area contributed by atoms with Gasteiger partial charge in [-0.2, -0.15) is 0 Å². The van der Waals surface area contributed by atoms with E-state index in [2.05, 4.69) is 25.2 Å². The molecule has 4 aromatic rings. The van der Waals surface area contributed by atoms with Crippen molar-refractivity contribution in [2.75, 3.05) is 10.0 Å². The normalized spacial score (nSPS) is 14.4. The van der Waals surface area contributed by atoms with Gasteiger partial charge in [-0.1, -0.05) is 12.1 Å². The Morgan fingerprint density at radius 2 is 1.68 bits per heavy atom. The van der Waals surface area contributed by atoms with Crippen molar-refractivity contribution in [2.24, 2.45) is 5.73 Å². The third-order valence-electron chi connectivity index (χ3n) is 5.33. The lowest BCUT2D eigenvalue weighted by Crippen LogP contribution is -2.37. The maximum atomic E-state index is 12.9. The molecule has 1 aliphatic carbocycles. The first kappa shape index (κ1) is 21.7. The summed E-state index contributed by atoms with van der Waals surface area (Å²) in [5.41, 5.74) is 6.94. The van der Waals surface area contributed by atoms with Gasteiger partial charge in [-0.25, -0.2) is 8.42 Å². The highest BCUT2D eigenvalue weighted by Crippen LogP contribution is 2.33. The van der Waals surface area contributed by atoms with Gasteiger partial charge in [0.05, 0.1) is 16.1 Å². The van der Waals surface area contributed by atoms with Crippen molar-refractivity contribution in [3.63, 3.8) is 0 Å². The highest BCUT2D eigenvalue weighted by Gasteiger charge is 2.45. The summed E-state index contributed by atoms with van der Waals surface area (Å²) in [7, 11) is -3.88. The summed E-state index contributed by atoms with van der Waals surface area (Å²) < 4.78 is 33.9. The lowest BCUT2D eigenvalue weighted by atomic mass is 10.2. The maximum absolute atomic E-state index is 12.9. The zero-order valence-electron chi connectivity index (χ0n) is 17.8. The highest BCUT2D eigenvalue weighted by molar-refractivity contribution is 7.92. The molecular formula is C23H20N6O4S. The second-order valence-corrected chi connectivity index (χ2v) is 9.63. The Bertz CT molecular complexity index is 1450. The van der Waals surface area contributed by atoms with Crippen LogP contribution >= 0.6 is 0 Å². The molecule has 10 nitrogen and oxygen atoms in total. The molecule has 0 aliphatic heterocycles. The van der Waals surface area contributed by atoms with E-state index in [-0.39, 0.29) is 22.6 Å². The Balaban J connectivity index is 1.30. The summed E-state index contributed by atoms with van der Waals surface area (Å²) in [5, 5.41) is 10.7. The highest BCUT2D eigenvalue weighted by atomic mass is 32.2. The van der Waals surface area contributed by atoms with Gasteiger partial charge in [0.1, 0.15) is 5.69 Å². The van der Waals surface area contributed by atoms with Crippen LogP contribution in [0.15, 0.2) is 82.2 Å². The molecule has 5 rings (SSSR count). The van der Waals surface area contributed by atoms with Gasteiger partial charge in [0.2, 0.25) is 11.8 Å². The second kappa shape index (κ2) is 8.36. The number of hydrogen-bond donors (Lipinski definition) is 3. The average Bonchev–Trinajstić information content (AvgIpc) is 3.40. The van der Waals surface area contributed by atoms with Crippen LogP contribution in [-0.4, -0.2) is 35.0 Å². The molecule has 4 N–H and O–H groups in total. The SMILES string of the molecule is NC1(C(=O)Nc2cccc(NS(=O)(=O)c3ccc(-c4nnc(-c5ccccn5)o4)cc3)c2)CC1. The average molecular weight is 477 g/mol. The molecule has 0 saturated heterocycles. The van der Waals surface area contributed by atoms with Crippen molar-refractivity contribution in [3.05, 3.63) is 72.9 Å². The fourth-order valence-corrected chi connectivity index (χ4v) is 4.25. The largest absolute Gasteiger partial charge is 0.415 e. The number of carbonyl (C=O) groups is 1. The smallest absolute Gasteiger partial charge is 0.266 e. The molecule has 0 atom stereocenters. The molecule has 2 aromatic heterocycles. The number of sulfonamides is 1. The number of rotatable bonds is 7. The number of nitrogens with two attached hydrogens (primary N) is 1. The zero-order chi connectivity index (χ0) is 23.8. The molecule has 1 amide bonds. The van der Waals surface area contributed by atoms with E-state index in [1.54, 1.807) is 48.7 Å². The van der Waals surface area contributed by atoms with Crippen molar-refractivity contribution in [2.45, 2.75) is 23.3 Å². The molecular weight excluding hydrogens is 456 g/mol. The summed E-state index contributed by atoms with van der Waals surface area (Å²) in [4.78, 5) is 16.4. The van der Waals surface area contributed by atoms with Crippen LogP contribution in [0.1, 0.15) is 12.8 Å². The van der Waals surface area contributed by atoms with Crippen LogP contribution in [0.5, 0.6) is 0 Å². The van der Waals surface area contributed by atoms with E-state index in [1.165, 1.54) is 18.2 Å². The van der Waals surface area contributed by atoms with E-state index < -0.39 is 15.6 Å². The van der Waals surface area contributed by atoms with E-state index >= 15 is 0 Å². The lowest BCUT2D eigenvalue weighted by Gasteiger charge is -2.12. The number of carbonyl (C=O) groups excluding carboxylic acids is 1. The van der Waals surface area contributed by atoms with Gasteiger partial charge in [-0.3, -0.25) is 14.5 Å². The number of pyridine rings is 1. The minimum absolute atomic E-state index is 0.0500. The number of nitrogens with zero attached hydrogens (tertiary/aromatic N) is 3. The van der Waals surface area contributed by atoms with Crippen LogP contribution in [-0.2, 0) is 14.8 Å². The number of hydrogen-bond acceptors (Lipinski definition) is 8. The molecule has 2 heterocycles. The molecule has 0 spiro atoms. The molecule has 0 radical (unpaired) electrons. The topological polar surface area (TPSA) is 153 Å². The van der Waals surface area contributed by atoms with Crippen LogP contribution in [0.25, 0.3) is 23.0 Å². The molecule has 0 unspecified atom stereocenters. The fourth-order valence-electron chi connectivity index (χ4n) is 3.20. The molecule has 172 valence electrons. The molecule has 1 saturated carbocycles. The summed E-state index contributed by atoms with van der Waals surface area (Å²) in [5.74, 6) is 0.229. The minimum Gasteiger partial charge on any atom is -0.415 e. The van der Waals surface area contributed by atoms with E-state index in [1.807, 2.05) is 6.07 Å². The zero-order valence-corrected chi connectivity index (χ0v) is 18.6. The number of benzene rings is 2. The predicted octanol–water partition coefficient (Wildman–Crippen LogP) is 3.03. The van der Waals surface area contributed by atoms with Crippen LogP contribution < -0.4 is 15.8 Å². The monoisotopic (exact) mass is 476 g/mol. The van der Waals surface area contributed by atoms with Gasteiger partial charge in [0.15, 0.2) is 0 Å². The van der Waals surface area contributed by atoms with E-state index in [0.717, 1.165) is 0 Å². The van der Waals surface area contributed by atoms with Gasteiger partial charge in [0.25, 0.3) is 15.9 Å². The van der Waals surface area contributed by atoms with Crippen LogP contribution in [0.4, 0.5) is 11.4 Å². The molecule has 0 bridgehead atoms.